The van der Waals surface area contributed by atoms with Crippen LogP contribution in [0.4, 0.5) is 0 Å². The summed E-state index contributed by atoms with van der Waals surface area (Å²) in [4.78, 5) is 12.3. The Morgan fingerprint density at radius 1 is 1.41 bits per heavy atom. The predicted molar refractivity (Wildman–Crippen MR) is 68.7 cm³/mol. The zero-order valence-electron chi connectivity index (χ0n) is 11.3. The Bertz CT molecular complexity index is 253. The fraction of sp³-hybridized carbons (Fsp3) is 0.923. The maximum absolute atomic E-state index is 12.3. The molecule has 0 spiro atoms. The molecule has 0 aromatic carbocycles. The van der Waals surface area contributed by atoms with Crippen molar-refractivity contribution in [2.24, 2.45) is 11.1 Å². The lowest BCUT2D eigenvalue weighted by Crippen LogP contribution is -2.49. The summed E-state index contributed by atoms with van der Waals surface area (Å²) in [5.41, 5.74) is 5.33. The lowest BCUT2D eigenvalue weighted by molar-refractivity contribution is -0.132. The average Bonchev–Trinajstić information content (AvgIpc) is 2.72. The van der Waals surface area contributed by atoms with Crippen molar-refractivity contribution >= 4 is 5.91 Å². The molecule has 0 saturated heterocycles. The summed E-state index contributed by atoms with van der Waals surface area (Å²) >= 11 is 0. The van der Waals surface area contributed by atoms with Crippen molar-refractivity contribution in [3.05, 3.63) is 0 Å². The van der Waals surface area contributed by atoms with Crippen LogP contribution >= 0.6 is 0 Å². The molecule has 1 rings (SSSR count). The molecule has 0 bridgehead atoms. The molecule has 1 amide bonds. The van der Waals surface area contributed by atoms with Gasteiger partial charge in [0.25, 0.3) is 0 Å². The van der Waals surface area contributed by atoms with Crippen molar-refractivity contribution in [3.8, 4) is 0 Å². The van der Waals surface area contributed by atoms with E-state index in [9.17, 15) is 4.79 Å². The molecule has 4 heteroatoms. The van der Waals surface area contributed by atoms with E-state index in [4.69, 9.17) is 10.5 Å². The Kier molecular flexibility index (Phi) is 4.95. The monoisotopic (exact) mass is 242 g/mol. The molecular formula is C13H26N2O2. The molecule has 17 heavy (non-hydrogen) atoms. The molecular weight excluding hydrogens is 216 g/mol. The number of ether oxygens (including phenoxy) is 1. The molecule has 0 atom stereocenters. The van der Waals surface area contributed by atoms with Gasteiger partial charge in [-0.25, -0.2) is 0 Å². The van der Waals surface area contributed by atoms with Crippen molar-refractivity contribution in [1.29, 1.82) is 0 Å². The van der Waals surface area contributed by atoms with Gasteiger partial charge in [0.2, 0.25) is 5.91 Å². The third-order valence-electron chi connectivity index (χ3n) is 3.53. The number of amides is 1. The molecule has 0 aliphatic heterocycles. The summed E-state index contributed by atoms with van der Waals surface area (Å²) < 4.78 is 5.12. The fourth-order valence-electron chi connectivity index (χ4n) is 2.44. The van der Waals surface area contributed by atoms with Gasteiger partial charge >= 0.3 is 0 Å². The molecule has 100 valence electrons. The summed E-state index contributed by atoms with van der Waals surface area (Å²) in [6.45, 7) is 5.02. The van der Waals surface area contributed by atoms with Gasteiger partial charge in [-0.05, 0) is 33.1 Å². The van der Waals surface area contributed by atoms with E-state index in [1.165, 1.54) is 0 Å². The van der Waals surface area contributed by atoms with E-state index in [1.807, 2.05) is 13.8 Å². The lowest BCUT2D eigenvalue weighted by Gasteiger charge is -2.29. The molecule has 0 heterocycles. The van der Waals surface area contributed by atoms with Gasteiger partial charge in [-0.3, -0.25) is 4.79 Å². The number of nitrogens with two attached hydrogens (primary N) is 1. The molecule has 0 unspecified atom stereocenters. The Morgan fingerprint density at radius 2 is 2.00 bits per heavy atom. The Morgan fingerprint density at radius 3 is 2.47 bits per heavy atom. The highest BCUT2D eigenvalue weighted by molar-refractivity contribution is 5.83. The zero-order chi connectivity index (χ0) is 12.9. The first-order chi connectivity index (χ1) is 7.90. The van der Waals surface area contributed by atoms with Gasteiger partial charge in [0.15, 0.2) is 0 Å². The van der Waals surface area contributed by atoms with Gasteiger partial charge in [-0.2, -0.15) is 0 Å². The number of nitrogens with one attached hydrogen (secondary N) is 1. The molecule has 3 N–H and O–H groups in total. The summed E-state index contributed by atoms with van der Waals surface area (Å²) in [6.07, 6.45) is 5.06. The highest BCUT2D eigenvalue weighted by atomic mass is 16.5. The van der Waals surface area contributed by atoms with Crippen molar-refractivity contribution < 1.29 is 9.53 Å². The third kappa shape index (κ3) is 4.28. The van der Waals surface area contributed by atoms with Gasteiger partial charge in [0, 0.05) is 25.8 Å². The minimum absolute atomic E-state index is 0.158. The molecule has 0 aromatic heterocycles. The molecule has 0 radical (unpaired) electrons. The maximum atomic E-state index is 12.3. The first kappa shape index (κ1) is 14.5. The SMILES string of the molecule is COCCC1(C(=O)NCC(C)(C)N)CCCC1. The van der Waals surface area contributed by atoms with Gasteiger partial charge in [0.05, 0.1) is 5.41 Å². The second-order valence-electron chi connectivity index (χ2n) is 5.90. The first-order valence-electron chi connectivity index (χ1n) is 6.46. The predicted octanol–water partition coefficient (Wildman–Crippen LogP) is 1.44. The number of hydrogen-bond donors (Lipinski definition) is 2. The van der Waals surface area contributed by atoms with Crippen molar-refractivity contribution in [3.63, 3.8) is 0 Å². The van der Waals surface area contributed by atoms with E-state index in [-0.39, 0.29) is 16.9 Å². The van der Waals surface area contributed by atoms with E-state index >= 15 is 0 Å². The second kappa shape index (κ2) is 5.83. The highest BCUT2D eigenvalue weighted by Gasteiger charge is 2.40. The van der Waals surface area contributed by atoms with E-state index < -0.39 is 0 Å². The summed E-state index contributed by atoms with van der Waals surface area (Å²) in [6, 6.07) is 0. The molecule has 1 saturated carbocycles. The molecule has 1 aliphatic rings. The molecule has 4 nitrogen and oxygen atoms in total. The summed E-state index contributed by atoms with van der Waals surface area (Å²) in [7, 11) is 1.68. The average molecular weight is 242 g/mol. The molecule has 1 fully saturated rings. The van der Waals surface area contributed by atoms with Crippen LogP contribution in [0.15, 0.2) is 0 Å². The lowest BCUT2D eigenvalue weighted by atomic mass is 9.81. The van der Waals surface area contributed by atoms with Crippen LogP contribution in [-0.4, -0.2) is 31.7 Å². The van der Waals surface area contributed by atoms with Crippen LogP contribution in [0.3, 0.4) is 0 Å². The second-order valence-corrected chi connectivity index (χ2v) is 5.90. The van der Waals surface area contributed by atoms with Crippen LogP contribution in [0.25, 0.3) is 0 Å². The smallest absolute Gasteiger partial charge is 0.226 e. The van der Waals surface area contributed by atoms with E-state index in [0.29, 0.717) is 13.2 Å². The van der Waals surface area contributed by atoms with Crippen LogP contribution < -0.4 is 11.1 Å². The van der Waals surface area contributed by atoms with E-state index in [0.717, 1.165) is 32.1 Å². The third-order valence-corrected chi connectivity index (χ3v) is 3.53. The van der Waals surface area contributed by atoms with Crippen LogP contribution in [0.5, 0.6) is 0 Å². The summed E-state index contributed by atoms with van der Waals surface area (Å²) in [5.74, 6) is 0.158. The maximum Gasteiger partial charge on any atom is 0.226 e. The normalized spacial score (nSPS) is 19.3. The van der Waals surface area contributed by atoms with Crippen LogP contribution in [0.2, 0.25) is 0 Å². The quantitative estimate of drug-likeness (QED) is 0.740. The van der Waals surface area contributed by atoms with Gasteiger partial charge in [-0.1, -0.05) is 12.8 Å². The highest BCUT2D eigenvalue weighted by Crippen LogP contribution is 2.41. The molecule has 1 aliphatic carbocycles. The van der Waals surface area contributed by atoms with E-state index in [1.54, 1.807) is 7.11 Å². The van der Waals surface area contributed by atoms with Gasteiger partial charge in [-0.15, -0.1) is 0 Å². The van der Waals surface area contributed by atoms with Gasteiger partial charge < -0.3 is 15.8 Å². The van der Waals surface area contributed by atoms with Crippen molar-refractivity contribution in [2.75, 3.05) is 20.3 Å². The topological polar surface area (TPSA) is 64.3 Å². The van der Waals surface area contributed by atoms with Crippen LogP contribution in [-0.2, 0) is 9.53 Å². The minimum atomic E-state index is -0.350. The summed E-state index contributed by atoms with van der Waals surface area (Å²) in [5, 5.41) is 2.99. The van der Waals surface area contributed by atoms with Gasteiger partial charge in [0.1, 0.15) is 0 Å². The number of carbonyl (C=O) groups is 1. The van der Waals surface area contributed by atoms with Crippen molar-refractivity contribution in [1.82, 2.24) is 5.32 Å². The number of methoxy groups -OCH3 is 1. The standard InChI is InChI=1S/C13H26N2O2/c1-12(2,14)10-15-11(16)13(8-9-17-3)6-4-5-7-13/h4-10,14H2,1-3H3,(H,15,16). The Balaban J connectivity index is 2.55. The van der Waals surface area contributed by atoms with Crippen molar-refractivity contribution in [2.45, 2.75) is 51.5 Å². The Labute approximate surface area is 104 Å². The number of hydrogen-bond acceptors (Lipinski definition) is 3. The first-order valence-corrected chi connectivity index (χ1v) is 6.46. The van der Waals surface area contributed by atoms with E-state index in [2.05, 4.69) is 5.32 Å². The Hall–Kier alpha value is -0.610. The number of carbonyl (C=O) groups excluding carboxylic acids is 1. The van der Waals surface area contributed by atoms with Crippen LogP contribution in [0, 0.1) is 5.41 Å². The minimum Gasteiger partial charge on any atom is -0.385 e. The zero-order valence-corrected chi connectivity index (χ0v) is 11.3. The largest absolute Gasteiger partial charge is 0.385 e. The fourth-order valence-corrected chi connectivity index (χ4v) is 2.44. The molecule has 0 aromatic rings. The number of rotatable bonds is 6. The van der Waals surface area contributed by atoms with Crippen LogP contribution in [0.1, 0.15) is 46.0 Å².